The Morgan fingerprint density at radius 1 is 0.727 bits per heavy atom. The minimum Gasteiger partial charge on any atom is -1.00 e. The van der Waals surface area contributed by atoms with E-state index in [0.717, 1.165) is 5.56 Å². The summed E-state index contributed by atoms with van der Waals surface area (Å²) in [6.45, 7) is 0. The Hall–Kier alpha value is -0.724. The van der Waals surface area contributed by atoms with Crippen LogP contribution in [0.2, 0.25) is 10.6 Å². The summed E-state index contributed by atoms with van der Waals surface area (Å²) < 4.78 is 0. The molecule has 0 N–H and O–H groups in total. The predicted octanol–water partition coefficient (Wildman–Crippen LogP) is 0.955. The van der Waals surface area contributed by atoms with Crippen molar-refractivity contribution in [3.8, 4) is 11.4 Å². The fourth-order valence-electron chi connectivity index (χ4n) is 1.38. The van der Waals surface area contributed by atoms with E-state index in [0.29, 0.717) is 5.82 Å². The van der Waals surface area contributed by atoms with Crippen LogP contribution < -0.4 is 17.0 Å². The fraction of sp³-hybridized carbons (Fsp3) is 0. The van der Waals surface area contributed by atoms with Gasteiger partial charge in [-0.2, -0.15) is 51.4 Å². The Balaban J connectivity index is 0.000000472. The van der Waals surface area contributed by atoms with Gasteiger partial charge in [0.2, 0.25) is 10.6 Å². The molecule has 1 aromatic heterocycles. The third-order valence-electron chi connectivity index (χ3n) is 2.22. The first-order valence-corrected chi connectivity index (χ1v) is 6.55. The molecule has 108 valence electrons. The van der Waals surface area contributed by atoms with Gasteiger partial charge in [0.15, 0.2) is 5.82 Å². The standard InChI is InChI=1S/C9H5Cl2N3.C6H5.BrH.Mg/c10-8-12-7(13-9(11)14-8)6-4-2-1-3-5-6;1-2-4-6-5-3-1;;/h1-5H;1-5H;1H;/q;-1;;+2/p-1. The van der Waals surface area contributed by atoms with Gasteiger partial charge in [0.25, 0.3) is 0 Å². The Bertz CT molecular complexity index is 611. The van der Waals surface area contributed by atoms with Crippen molar-refractivity contribution in [3.63, 3.8) is 0 Å². The quantitative estimate of drug-likeness (QED) is 0.446. The van der Waals surface area contributed by atoms with Crippen molar-refractivity contribution in [1.82, 2.24) is 15.0 Å². The van der Waals surface area contributed by atoms with E-state index in [4.69, 9.17) is 23.2 Å². The maximum atomic E-state index is 5.65. The van der Waals surface area contributed by atoms with Crippen molar-refractivity contribution in [2.24, 2.45) is 0 Å². The fourth-order valence-corrected chi connectivity index (χ4v) is 1.75. The number of hydrogen-bond donors (Lipinski definition) is 0. The minimum absolute atomic E-state index is 0. The SMILES string of the molecule is Clc1nc(Cl)nc(-c2ccccc2)n1.[Br-].[Mg+2].[c-]1ccccc1. The monoisotopic (exact) mass is 405 g/mol. The zero-order valence-corrected chi connectivity index (χ0v) is 16.0. The molecule has 0 aliphatic rings. The van der Waals surface area contributed by atoms with E-state index >= 15 is 0 Å². The normalized spacial score (nSPS) is 8.64. The molecule has 3 rings (SSSR count). The molecule has 0 atom stereocenters. The summed E-state index contributed by atoms with van der Waals surface area (Å²) in [5.74, 6) is 0.482. The van der Waals surface area contributed by atoms with Gasteiger partial charge in [-0.15, -0.1) is 0 Å². The van der Waals surface area contributed by atoms with Crippen molar-refractivity contribution in [2.45, 2.75) is 0 Å². The third kappa shape index (κ3) is 7.51. The van der Waals surface area contributed by atoms with E-state index in [2.05, 4.69) is 21.0 Å². The van der Waals surface area contributed by atoms with E-state index < -0.39 is 0 Å². The van der Waals surface area contributed by atoms with Crippen LogP contribution in [0.5, 0.6) is 0 Å². The molecule has 0 unspecified atom stereocenters. The first-order chi connectivity index (χ1) is 9.75. The van der Waals surface area contributed by atoms with E-state index in [9.17, 15) is 0 Å². The summed E-state index contributed by atoms with van der Waals surface area (Å²) in [5, 5.41) is 0.202. The van der Waals surface area contributed by atoms with Crippen molar-refractivity contribution < 1.29 is 17.0 Å². The van der Waals surface area contributed by atoms with E-state index in [-0.39, 0.29) is 50.6 Å². The zero-order chi connectivity index (χ0) is 14.2. The molecule has 2 aromatic carbocycles. The van der Waals surface area contributed by atoms with Crippen molar-refractivity contribution in [2.75, 3.05) is 0 Å². The van der Waals surface area contributed by atoms with Gasteiger partial charge in [0.05, 0.1) is 0 Å². The van der Waals surface area contributed by atoms with Crippen LogP contribution in [-0.4, -0.2) is 38.0 Å². The number of hydrogen-bond acceptors (Lipinski definition) is 3. The van der Waals surface area contributed by atoms with Gasteiger partial charge in [-0.25, -0.2) is 0 Å². The molecule has 1 heterocycles. The Morgan fingerprint density at radius 2 is 1.23 bits per heavy atom. The maximum absolute atomic E-state index is 5.65. The average Bonchev–Trinajstić information content (AvgIpc) is 2.50. The number of benzene rings is 2. The van der Waals surface area contributed by atoms with Crippen molar-refractivity contribution in [3.05, 3.63) is 77.3 Å². The van der Waals surface area contributed by atoms with Crippen LogP contribution in [-0.2, 0) is 0 Å². The predicted molar refractivity (Wildman–Crippen MR) is 86.3 cm³/mol. The van der Waals surface area contributed by atoms with E-state index in [1.807, 2.05) is 60.7 Å². The van der Waals surface area contributed by atoms with Gasteiger partial charge >= 0.3 is 23.1 Å². The number of nitrogens with zero attached hydrogens (tertiary/aromatic N) is 3. The Kier molecular flexibility index (Phi) is 11.4. The molecule has 0 aliphatic heterocycles. The molecular formula is C15H10BrCl2MgN3. The van der Waals surface area contributed by atoms with Gasteiger partial charge in [-0.1, -0.05) is 30.3 Å². The molecule has 0 aliphatic carbocycles. The number of halogens is 3. The van der Waals surface area contributed by atoms with Crippen molar-refractivity contribution >= 4 is 46.3 Å². The molecule has 0 radical (unpaired) electrons. The molecule has 0 bridgehead atoms. The summed E-state index contributed by atoms with van der Waals surface area (Å²) >= 11 is 11.3. The van der Waals surface area contributed by atoms with Crippen LogP contribution in [0.25, 0.3) is 11.4 Å². The average molecular weight is 407 g/mol. The summed E-state index contributed by atoms with van der Waals surface area (Å²) in [7, 11) is 0. The third-order valence-corrected chi connectivity index (χ3v) is 2.56. The van der Waals surface area contributed by atoms with E-state index in [1.54, 1.807) is 0 Å². The van der Waals surface area contributed by atoms with E-state index in [1.165, 1.54) is 0 Å². The molecule has 7 heteroatoms. The molecule has 0 saturated carbocycles. The van der Waals surface area contributed by atoms with Crippen LogP contribution in [0.3, 0.4) is 0 Å². The van der Waals surface area contributed by atoms with Gasteiger partial charge in [-0.3, -0.25) is 0 Å². The second kappa shape index (κ2) is 11.8. The number of aromatic nitrogens is 3. The van der Waals surface area contributed by atoms with Crippen LogP contribution >= 0.6 is 23.2 Å². The van der Waals surface area contributed by atoms with Gasteiger partial charge in [0, 0.05) is 5.56 Å². The molecule has 0 saturated heterocycles. The number of rotatable bonds is 1. The largest absolute Gasteiger partial charge is 2.00 e. The van der Waals surface area contributed by atoms with Gasteiger partial charge in [0.1, 0.15) is 0 Å². The topological polar surface area (TPSA) is 38.7 Å². The summed E-state index contributed by atoms with van der Waals surface area (Å²) in [6, 6.07) is 21.9. The van der Waals surface area contributed by atoms with Gasteiger partial charge in [-0.05, 0) is 23.2 Å². The molecule has 0 spiro atoms. The zero-order valence-electron chi connectivity index (χ0n) is 11.5. The van der Waals surface area contributed by atoms with Gasteiger partial charge < -0.3 is 17.0 Å². The Morgan fingerprint density at radius 3 is 1.64 bits per heavy atom. The summed E-state index contributed by atoms with van der Waals surface area (Å²) in [6.07, 6.45) is 0. The molecule has 3 aromatic rings. The Labute approximate surface area is 166 Å². The van der Waals surface area contributed by atoms with Crippen molar-refractivity contribution in [1.29, 1.82) is 0 Å². The first kappa shape index (κ1) is 21.3. The van der Waals surface area contributed by atoms with Crippen LogP contribution in [0.1, 0.15) is 0 Å². The molecule has 3 nitrogen and oxygen atoms in total. The second-order valence-corrected chi connectivity index (χ2v) is 4.32. The van der Waals surface area contributed by atoms with Crippen LogP contribution in [0, 0.1) is 6.07 Å². The molecule has 22 heavy (non-hydrogen) atoms. The summed E-state index contributed by atoms with van der Waals surface area (Å²) in [5.41, 5.74) is 0.860. The molecule has 0 fully saturated rings. The molecular weight excluding hydrogens is 397 g/mol. The second-order valence-electron chi connectivity index (χ2n) is 3.64. The first-order valence-electron chi connectivity index (χ1n) is 5.79. The van der Waals surface area contributed by atoms with Crippen LogP contribution in [0.15, 0.2) is 60.7 Å². The minimum atomic E-state index is 0. The smallest absolute Gasteiger partial charge is 1.00 e. The summed E-state index contributed by atoms with van der Waals surface area (Å²) in [4.78, 5) is 11.6. The molecule has 0 amide bonds. The van der Waals surface area contributed by atoms with Crippen LogP contribution in [0.4, 0.5) is 0 Å². The maximum Gasteiger partial charge on any atom is 2.00 e.